The number of pyridine rings is 1. The molecule has 0 aliphatic heterocycles. The van der Waals surface area contributed by atoms with Crippen molar-refractivity contribution in [2.75, 3.05) is 0 Å². The Labute approximate surface area is 81.3 Å². The Morgan fingerprint density at radius 2 is 2.38 bits per heavy atom. The predicted molar refractivity (Wildman–Crippen MR) is 48.2 cm³/mol. The Morgan fingerprint density at radius 3 is 3.08 bits per heavy atom. The van der Waals surface area contributed by atoms with Gasteiger partial charge in [-0.3, -0.25) is 4.79 Å². The Kier molecular flexibility index (Phi) is 1.88. The van der Waals surface area contributed by atoms with Gasteiger partial charge >= 0.3 is 0 Å². The van der Waals surface area contributed by atoms with Crippen LogP contribution in [0.2, 0.25) is 0 Å². The molecule has 0 saturated carbocycles. The lowest BCUT2D eigenvalue weighted by Gasteiger charge is -1.96. The number of aromatic nitrogens is 2. The van der Waals surface area contributed by atoms with E-state index >= 15 is 0 Å². The standard InChI is InChI=1S/C8H4BrFN2O/c9-5-1-8-7(3-13)11-4-12(8)2-6(5)10/h1-4H. The number of fused-ring (bicyclic) bond motifs is 1. The first kappa shape index (κ1) is 8.37. The minimum atomic E-state index is -0.387. The van der Waals surface area contributed by atoms with Crippen LogP contribution >= 0.6 is 15.9 Å². The molecule has 0 fully saturated rings. The van der Waals surface area contributed by atoms with Gasteiger partial charge in [0.15, 0.2) is 12.1 Å². The molecule has 2 aromatic rings. The molecule has 66 valence electrons. The van der Waals surface area contributed by atoms with Crippen molar-refractivity contribution >= 4 is 27.7 Å². The van der Waals surface area contributed by atoms with Crippen molar-refractivity contribution in [3.05, 3.63) is 34.6 Å². The third kappa shape index (κ3) is 1.25. The number of carbonyl (C=O) groups is 1. The Hall–Kier alpha value is -1.23. The van der Waals surface area contributed by atoms with Crippen molar-refractivity contribution in [2.45, 2.75) is 0 Å². The Bertz CT molecular complexity index is 480. The fourth-order valence-electron chi connectivity index (χ4n) is 1.10. The summed E-state index contributed by atoms with van der Waals surface area (Å²) in [4.78, 5) is 14.3. The Morgan fingerprint density at radius 1 is 1.62 bits per heavy atom. The molecule has 0 unspecified atom stereocenters. The van der Waals surface area contributed by atoms with E-state index in [-0.39, 0.29) is 5.82 Å². The van der Waals surface area contributed by atoms with Gasteiger partial charge in [-0.2, -0.15) is 0 Å². The molecule has 0 aliphatic rings. The average molecular weight is 243 g/mol. The zero-order valence-electron chi connectivity index (χ0n) is 6.37. The molecule has 5 heteroatoms. The lowest BCUT2D eigenvalue weighted by Crippen LogP contribution is -1.87. The highest BCUT2D eigenvalue weighted by atomic mass is 79.9. The average Bonchev–Trinajstić information content (AvgIpc) is 2.48. The van der Waals surface area contributed by atoms with Crippen molar-refractivity contribution in [2.24, 2.45) is 0 Å². The number of carbonyl (C=O) groups excluding carboxylic acids is 1. The molecular weight excluding hydrogens is 239 g/mol. The highest BCUT2D eigenvalue weighted by Gasteiger charge is 2.06. The van der Waals surface area contributed by atoms with Crippen LogP contribution in [0.1, 0.15) is 10.5 Å². The molecule has 0 aromatic carbocycles. The summed E-state index contributed by atoms with van der Waals surface area (Å²) in [5, 5.41) is 0. The zero-order valence-corrected chi connectivity index (χ0v) is 7.95. The van der Waals surface area contributed by atoms with Crippen LogP contribution in [0.4, 0.5) is 4.39 Å². The van der Waals surface area contributed by atoms with Crippen molar-refractivity contribution < 1.29 is 9.18 Å². The molecule has 2 rings (SSSR count). The lowest BCUT2D eigenvalue weighted by molar-refractivity contribution is 0.112. The van der Waals surface area contributed by atoms with Gasteiger partial charge < -0.3 is 4.40 Å². The lowest BCUT2D eigenvalue weighted by atomic mass is 10.3. The zero-order chi connectivity index (χ0) is 9.42. The first-order chi connectivity index (χ1) is 6.22. The summed E-state index contributed by atoms with van der Waals surface area (Å²) in [6.45, 7) is 0. The van der Waals surface area contributed by atoms with E-state index in [2.05, 4.69) is 20.9 Å². The summed E-state index contributed by atoms with van der Waals surface area (Å²) in [5.41, 5.74) is 0.893. The molecule has 0 radical (unpaired) electrons. The third-order valence-corrected chi connectivity index (χ3v) is 2.33. The Balaban J connectivity index is 2.84. The van der Waals surface area contributed by atoms with Gasteiger partial charge in [-0.1, -0.05) is 0 Å². The molecule has 0 saturated heterocycles. The molecular formula is C8H4BrFN2O. The normalized spacial score (nSPS) is 10.6. The SMILES string of the molecule is O=Cc1ncn2cc(F)c(Br)cc12. The van der Waals surface area contributed by atoms with E-state index in [1.165, 1.54) is 23.0 Å². The largest absolute Gasteiger partial charge is 0.303 e. The van der Waals surface area contributed by atoms with Crippen LogP contribution in [-0.2, 0) is 0 Å². The maximum atomic E-state index is 13.0. The van der Waals surface area contributed by atoms with Crippen molar-refractivity contribution in [3.63, 3.8) is 0 Å². The van der Waals surface area contributed by atoms with E-state index in [1.54, 1.807) is 0 Å². The quantitative estimate of drug-likeness (QED) is 0.718. The van der Waals surface area contributed by atoms with Crippen LogP contribution in [0, 0.1) is 5.82 Å². The van der Waals surface area contributed by atoms with Crippen molar-refractivity contribution in [1.29, 1.82) is 0 Å². The van der Waals surface area contributed by atoms with E-state index in [9.17, 15) is 9.18 Å². The fourth-order valence-corrected chi connectivity index (χ4v) is 1.42. The van der Waals surface area contributed by atoms with Gasteiger partial charge in [0.1, 0.15) is 12.0 Å². The van der Waals surface area contributed by atoms with Gasteiger partial charge in [0.2, 0.25) is 0 Å². The summed E-state index contributed by atoms with van der Waals surface area (Å²) in [6, 6.07) is 1.52. The number of halogens is 2. The number of aldehydes is 1. The van der Waals surface area contributed by atoms with Gasteiger partial charge in [0, 0.05) is 6.20 Å². The van der Waals surface area contributed by atoms with Crippen LogP contribution in [0.25, 0.3) is 5.52 Å². The molecule has 0 N–H and O–H groups in total. The van der Waals surface area contributed by atoms with Crippen LogP contribution in [-0.4, -0.2) is 15.7 Å². The molecule has 0 aliphatic carbocycles. The highest BCUT2D eigenvalue weighted by Crippen LogP contribution is 2.18. The summed E-state index contributed by atoms with van der Waals surface area (Å²) in [7, 11) is 0. The molecule has 2 heterocycles. The van der Waals surface area contributed by atoms with Gasteiger partial charge in [-0.25, -0.2) is 9.37 Å². The second kappa shape index (κ2) is 2.92. The van der Waals surface area contributed by atoms with Crippen molar-refractivity contribution in [3.8, 4) is 0 Å². The number of nitrogens with zero attached hydrogens (tertiary/aromatic N) is 2. The minimum Gasteiger partial charge on any atom is -0.303 e. The molecule has 0 spiro atoms. The minimum absolute atomic E-state index is 0.306. The van der Waals surface area contributed by atoms with E-state index in [1.807, 2.05) is 0 Å². The molecule has 0 bridgehead atoms. The number of hydrogen-bond acceptors (Lipinski definition) is 2. The second-order valence-corrected chi connectivity index (χ2v) is 3.36. The summed E-state index contributed by atoms with van der Waals surface area (Å²) < 4.78 is 14.8. The summed E-state index contributed by atoms with van der Waals surface area (Å²) in [6.07, 6.45) is 3.30. The molecule has 13 heavy (non-hydrogen) atoms. The van der Waals surface area contributed by atoms with Gasteiger partial charge in [-0.05, 0) is 22.0 Å². The van der Waals surface area contributed by atoms with Crippen LogP contribution in [0.15, 0.2) is 23.1 Å². The number of rotatable bonds is 1. The summed E-state index contributed by atoms with van der Waals surface area (Å²) in [5.74, 6) is -0.387. The van der Waals surface area contributed by atoms with Crippen LogP contribution < -0.4 is 0 Å². The predicted octanol–water partition coefficient (Wildman–Crippen LogP) is 2.05. The monoisotopic (exact) mass is 242 g/mol. The van der Waals surface area contributed by atoms with E-state index in [0.29, 0.717) is 22.0 Å². The number of hydrogen-bond donors (Lipinski definition) is 0. The highest BCUT2D eigenvalue weighted by molar-refractivity contribution is 9.10. The maximum absolute atomic E-state index is 13.0. The van der Waals surface area contributed by atoms with Crippen molar-refractivity contribution in [1.82, 2.24) is 9.38 Å². The molecule has 0 amide bonds. The van der Waals surface area contributed by atoms with E-state index < -0.39 is 0 Å². The fraction of sp³-hybridized carbons (Fsp3) is 0. The molecule has 3 nitrogen and oxygen atoms in total. The smallest absolute Gasteiger partial charge is 0.170 e. The first-order valence-electron chi connectivity index (χ1n) is 3.49. The van der Waals surface area contributed by atoms with E-state index in [0.717, 1.165) is 0 Å². The van der Waals surface area contributed by atoms with Gasteiger partial charge in [-0.15, -0.1) is 0 Å². The first-order valence-corrected chi connectivity index (χ1v) is 4.28. The molecule has 0 atom stereocenters. The molecule has 2 aromatic heterocycles. The number of imidazole rings is 1. The van der Waals surface area contributed by atoms with Gasteiger partial charge in [0.25, 0.3) is 0 Å². The van der Waals surface area contributed by atoms with Crippen LogP contribution in [0.3, 0.4) is 0 Å². The van der Waals surface area contributed by atoms with E-state index in [4.69, 9.17) is 0 Å². The second-order valence-electron chi connectivity index (χ2n) is 2.51. The topological polar surface area (TPSA) is 34.4 Å². The summed E-state index contributed by atoms with van der Waals surface area (Å²) >= 11 is 3.03. The maximum Gasteiger partial charge on any atom is 0.170 e. The van der Waals surface area contributed by atoms with Gasteiger partial charge in [0.05, 0.1) is 9.99 Å². The van der Waals surface area contributed by atoms with Crippen LogP contribution in [0.5, 0.6) is 0 Å². The third-order valence-electron chi connectivity index (χ3n) is 1.72.